The molecule has 0 amide bonds. The molecular weight excluding hydrogens is 282 g/mol. The van der Waals surface area contributed by atoms with Gasteiger partial charge in [0.15, 0.2) is 5.60 Å². The highest BCUT2D eigenvalue weighted by molar-refractivity contribution is 5.33. The van der Waals surface area contributed by atoms with E-state index in [0.29, 0.717) is 0 Å². The summed E-state index contributed by atoms with van der Waals surface area (Å²) in [7, 11) is 0. The van der Waals surface area contributed by atoms with Crippen molar-refractivity contribution in [3.8, 4) is 11.8 Å². The summed E-state index contributed by atoms with van der Waals surface area (Å²) in [6.45, 7) is 3.35. The number of piperidine rings is 1. The highest BCUT2D eigenvalue weighted by Crippen LogP contribution is 2.38. The highest BCUT2D eigenvalue weighted by atomic mass is 16.3. The number of aliphatic hydroxyl groups is 1. The molecule has 3 rings (SSSR count). The Balaban J connectivity index is 1.77. The van der Waals surface area contributed by atoms with Gasteiger partial charge in [0.25, 0.3) is 0 Å². The minimum Gasteiger partial charge on any atom is -0.373 e. The topological polar surface area (TPSA) is 24.7 Å². The number of hydrogen-bond donors (Lipinski definition) is 2. The Hall–Kier alpha value is -1.30. The molecule has 0 aromatic heterocycles. The third kappa shape index (κ3) is 4.16. The van der Waals surface area contributed by atoms with Crippen molar-refractivity contribution in [2.45, 2.75) is 57.0 Å². The first-order chi connectivity index (χ1) is 11.3. The first kappa shape index (κ1) is 16.6. The molecular formula is C21H30NO+. The molecule has 1 aliphatic heterocycles. The van der Waals surface area contributed by atoms with Crippen LogP contribution in [0.25, 0.3) is 0 Å². The van der Waals surface area contributed by atoms with Crippen molar-refractivity contribution < 1.29 is 10.0 Å². The molecule has 1 saturated heterocycles. The van der Waals surface area contributed by atoms with E-state index in [1.165, 1.54) is 51.6 Å². The summed E-state index contributed by atoms with van der Waals surface area (Å²) in [5.41, 5.74) is 0.0183. The van der Waals surface area contributed by atoms with E-state index in [9.17, 15) is 5.11 Å². The summed E-state index contributed by atoms with van der Waals surface area (Å²) in [5, 5.41) is 11.5. The lowest BCUT2D eigenvalue weighted by Crippen LogP contribution is -3.12. The monoisotopic (exact) mass is 312 g/mol. The molecule has 2 heteroatoms. The van der Waals surface area contributed by atoms with Gasteiger partial charge in [-0.1, -0.05) is 55.5 Å². The molecule has 1 aromatic rings. The van der Waals surface area contributed by atoms with Crippen molar-refractivity contribution in [2.75, 3.05) is 19.6 Å². The van der Waals surface area contributed by atoms with Gasteiger partial charge >= 0.3 is 0 Å². The molecule has 1 atom stereocenters. The van der Waals surface area contributed by atoms with E-state index in [0.717, 1.165) is 24.9 Å². The number of likely N-dealkylation sites (tertiary alicyclic amines) is 1. The molecule has 23 heavy (non-hydrogen) atoms. The molecule has 0 bridgehead atoms. The fraction of sp³-hybridized carbons (Fsp3) is 0.619. The van der Waals surface area contributed by atoms with E-state index in [2.05, 4.69) is 11.8 Å². The van der Waals surface area contributed by atoms with Gasteiger partial charge in [0, 0.05) is 5.92 Å². The molecule has 2 aliphatic rings. The third-order valence-corrected chi connectivity index (χ3v) is 5.59. The van der Waals surface area contributed by atoms with Gasteiger partial charge in [-0.15, -0.1) is 0 Å². The molecule has 1 aromatic carbocycles. The fourth-order valence-electron chi connectivity index (χ4n) is 4.16. The Labute approximate surface area is 140 Å². The van der Waals surface area contributed by atoms with Gasteiger partial charge in [0.2, 0.25) is 0 Å². The number of benzene rings is 1. The molecule has 124 valence electrons. The summed E-state index contributed by atoms with van der Waals surface area (Å²) in [6.07, 6.45) is 9.94. The molecule has 0 spiro atoms. The van der Waals surface area contributed by atoms with Gasteiger partial charge in [-0.2, -0.15) is 0 Å². The number of quaternary nitrogens is 1. The zero-order valence-electron chi connectivity index (χ0n) is 14.2. The van der Waals surface area contributed by atoms with Crippen LogP contribution in [0.1, 0.15) is 56.9 Å². The van der Waals surface area contributed by atoms with Crippen LogP contribution < -0.4 is 4.90 Å². The zero-order valence-corrected chi connectivity index (χ0v) is 14.2. The van der Waals surface area contributed by atoms with Crippen molar-refractivity contribution in [1.29, 1.82) is 0 Å². The average molecular weight is 312 g/mol. The Bertz CT molecular complexity index is 532. The molecule has 2 nitrogen and oxygen atoms in total. The molecule has 2 fully saturated rings. The first-order valence-electron chi connectivity index (χ1n) is 9.40. The lowest BCUT2D eigenvalue weighted by molar-refractivity contribution is -0.897. The standard InChI is InChI=1S/C21H29NO/c23-21(19-11-4-1-5-12-19,20-13-6-2-7-14-20)15-10-18-22-16-8-3-9-17-22/h1,4-5,11-12,20,23H,2-3,6-9,13-14,16-18H2/p+1. The maximum absolute atomic E-state index is 11.5. The predicted octanol–water partition coefficient (Wildman–Crippen LogP) is 2.53. The minimum absolute atomic E-state index is 0.280. The van der Waals surface area contributed by atoms with E-state index >= 15 is 0 Å². The Morgan fingerprint density at radius 3 is 2.30 bits per heavy atom. The van der Waals surface area contributed by atoms with Crippen molar-refractivity contribution in [3.63, 3.8) is 0 Å². The van der Waals surface area contributed by atoms with Gasteiger partial charge in [0.1, 0.15) is 6.54 Å². The minimum atomic E-state index is -0.961. The van der Waals surface area contributed by atoms with Crippen LogP contribution in [-0.4, -0.2) is 24.7 Å². The molecule has 2 N–H and O–H groups in total. The van der Waals surface area contributed by atoms with E-state index in [-0.39, 0.29) is 5.92 Å². The third-order valence-electron chi connectivity index (χ3n) is 5.59. The molecule has 0 radical (unpaired) electrons. The quantitative estimate of drug-likeness (QED) is 0.824. The highest BCUT2D eigenvalue weighted by Gasteiger charge is 2.37. The number of rotatable bonds is 3. The van der Waals surface area contributed by atoms with Crippen LogP contribution in [0.3, 0.4) is 0 Å². The van der Waals surface area contributed by atoms with Crippen LogP contribution in [0.4, 0.5) is 0 Å². The van der Waals surface area contributed by atoms with Gasteiger partial charge in [-0.25, -0.2) is 0 Å². The number of hydrogen-bond acceptors (Lipinski definition) is 1. The smallest absolute Gasteiger partial charge is 0.153 e. The summed E-state index contributed by atoms with van der Waals surface area (Å²) in [6, 6.07) is 10.1. The van der Waals surface area contributed by atoms with Crippen molar-refractivity contribution in [2.24, 2.45) is 5.92 Å². The maximum Gasteiger partial charge on any atom is 0.153 e. The normalized spacial score (nSPS) is 22.8. The van der Waals surface area contributed by atoms with Crippen LogP contribution >= 0.6 is 0 Å². The number of nitrogens with one attached hydrogen (secondary N) is 1. The van der Waals surface area contributed by atoms with Crippen LogP contribution in [0.2, 0.25) is 0 Å². The molecule has 1 aliphatic carbocycles. The Kier molecular flexibility index (Phi) is 5.75. The summed E-state index contributed by atoms with van der Waals surface area (Å²) >= 11 is 0. The summed E-state index contributed by atoms with van der Waals surface area (Å²) < 4.78 is 0. The van der Waals surface area contributed by atoms with Crippen LogP contribution in [-0.2, 0) is 5.60 Å². The summed E-state index contributed by atoms with van der Waals surface area (Å²) in [5.74, 6) is 6.95. The lowest BCUT2D eigenvalue weighted by atomic mass is 9.73. The van der Waals surface area contributed by atoms with Crippen LogP contribution in [0.15, 0.2) is 30.3 Å². The largest absolute Gasteiger partial charge is 0.373 e. The van der Waals surface area contributed by atoms with Crippen LogP contribution in [0, 0.1) is 17.8 Å². The van der Waals surface area contributed by atoms with Crippen LogP contribution in [0.5, 0.6) is 0 Å². The second-order valence-corrected chi connectivity index (χ2v) is 7.26. The Morgan fingerprint density at radius 2 is 1.61 bits per heavy atom. The Morgan fingerprint density at radius 1 is 0.957 bits per heavy atom. The lowest BCUT2D eigenvalue weighted by Gasteiger charge is -2.35. The van der Waals surface area contributed by atoms with E-state index in [1.54, 1.807) is 4.90 Å². The average Bonchev–Trinajstić information content (AvgIpc) is 2.64. The second-order valence-electron chi connectivity index (χ2n) is 7.26. The fourth-order valence-corrected chi connectivity index (χ4v) is 4.16. The van der Waals surface area contributed by atoms with Gasteiger partial charge in [-0.3, -0.25) is 0 Å². The van der Waals surface area contributed by atoms with Gasteiger partial charge in [-0.05, 0) is 43.6 Å². The molecule has 1 saturated carbocycles. The zero-order chi connectivity index (χ0) is 16.0. The van der Waals surface area contributed by atoms with Crippen molar-refractivity contribution >= 4 is 0 Å². The van der Waals surface area contributed by atoms with Crippen molar-refractivity contribution in [1.82, 2.24) is 0 Å². The summed E-state index contributed by atoms with van der Waals surface area (Å²) in [4.78, 5) is 1.59. The molecule has 1 unspecified atom stereocenters. The van der Waals surface area contributed by atoms with Gasteiger partial charge < -0.3 is 10.0 Å². The first-order valence-corrected chi connectivity index (χ1v) is 9.40. The molecule has 1 heterocycles. The second kappa shape index (κ2) is 7.99. The SMILES string of the molecule is OC(C#CC[NH+]1CCCCC1)(c1ccccc1)C1CCCCC1. The van der Waals surface area contributed by atoms with Gasteiger partial charge in [0.05, 0.1) is 13.1 Å². The van der Waals surface area contributed by atoms with Crippen molar-refractivity contribution in [3.05, 3.63) is 35.9 Å². The predicted molar refractivity (Wildman–Crippen MR) is 94.1 cm³/mol. The maximum atomic E-state index is 11.5. The van der Waals surface area contributed by atoms with E-state index < -0.39 is 5.60 Å². The van der Waals surface area contributed by atoms with E-state index in [4.69, 9.17) is 0 Å². The van der Waals surface area contributed by atoms with E-state index in [1.807, 2.05) is 30.3 Å².